The number of benzene rings is 1. The van der Waals surface area contributed by atoms with E-state index in [1.807, 2.05) is 6.07 Å². The molecule has 0 unspecified atom stereocenters. The van der Waals surface area contributed by atoms with Crippen LogP contribution in [0.15, 0.2) is 36.5 Å². The summed E-state index contributed by atoms with van der Waals surface area (Å²) in [7, 11) is 0. The summed E-state index contributed by atoms with van der Waals surface area (Å²) in [6.07, 6.45) is 1.42. The van der Waals surface area contributed by atoms with Gasteiger partial charge in [0.25, 0.3) is 0 Å². The van der Waals surface area contributed by atoms with Gasteiger partial charge >= 0.3 is 0 Å². The third-order valence-corrected chi connectivity index (χ3v) is 3.04. The highest BCUT2D eigenvalue weighted by Crippen LogP contribution is 2.23. The normalized spacial score (nSPS) is 9.83. The molecule has 18 heavy (non-hydrogen) atoms. The highest BCUT2D eigenvalue weighted by Gasteiger charge is 2.12. The molecule has 1 heterocycles. The Balaban J connectivity index is 2.42. The number of rotatable bonds is 2. The number of pyridine rings is 1. The van der Waals surface area contributed by atoms with E-state index < -0.39 is 0 Å². The largest absolute Gasteiger partial charge is 0.287 e. The summed E-state index contributed by atoms with van der Waals surface area (Å²) in [5.41, 5.74) is 0.966. The first-order valence-electron chi connectivity index (χ1n) is 4.97. The van der Waals surface area contributed by atoms with E-state index in [4.69, 9.17) is 28.5 Å². The lowest BCUT2D eigenvalue weighted by Gasteiger charge is -2.02. The number of nitriles is 1. The Morgan fingerprint density at radius 3 is 2.61 bits per heavy atom. The van der Waals surface area contributed by atoms with Gasteiger partial charge in [0.15, 0.2) is 0 Å². The number of carbonyl (C=O) groups is 1. The first kappa shape index (κ1) is 12.6. The van der Waals surface area contributed by atoms with Crippen LogP contribution < -0.4 is 0 Å². The number of ketones is 1. The number of halogens is 2. The fourth-order valence-electron chi connectivity index (χ4n) is 1.41. The van der Waals surface area contributed by atoms with Gasteiger partial charge in [-0.2, -0.15) is 5.26 Å². The average molecular weight is 277 g/mol. The minimum atomic E-state index is -0.300. The van der Waals surface area contributed by atoms with Crippen LogP contribution in [0.1, 0.15) is 21.6 Å². The molecule has 0 radical (unpaired) electrons. The Kier molecular flexibility index (Phi) is 3.61. The number of hydrogen-bond donors (Lipinski definition) is 0. The molecule has 5 heteroatoms. The second-order valence-electron chi connectivity index (χ2n) is 3.50. The molecule has 0 amide bonds. The van der Waals surface area contributed by atoms with E-state index in [-0.39, 0.29) is 11.5 Å². The Labute approximate surface area is 114 Å². The van der Waals surface area contributed by atoms with Crippen molar-refractivity contribution in [3.8, 4) is 6.07 Å². The van der Waals surface area contributed by atoms with E-state index in [2.05, 4.69) is 4.98 Å². The smallest absolute Gasteiger partial charge is 0.211 e. The van der Waals surface area contributed by atoms with Gasteiger partial charge in [0.2, 0.25) is 5.78 Å². The molecule has 0 fully saturated rings. The van der Waals surface area contributed by atoms with Crippen molar-refractivity contribution in [2.24, 2.45) is 0 Å². The molecule has 2 aromatic rings. The monoisotopic (exact) mass is 276 g/mol. The highest BCUT2D eigenvalue weighted by atomic mass is 35.5. The van der Waals surface area contributed by atoms with E-state index in [9.17, 15) is 4.79 Å². The van der Waals surface area contributed by atoms with Crippen molar-refractivity contribution in [2.75, 3.05) is 0 Å². The fraction of sp³-hybridized carbons (Fsp3) is 0. The van der Waals surface area contributed by atoms with Crippen LogP contribution >= 0.6 is 23.2 Å². The molecule has 0 saturated heterocycles. The molecule has 0 saturated carbocycles. The molecule has 1 aromatic heterocycles. The molecule has 0 aliphatic heterocycles. The minimum absolute atomic E-state index is 0.201. The SMILES string of the molecule is N#Cc1ccnc(C(=O)c2ccc(Cl)c(Cl)c2)c1. The Morgan fingerprint density at radius 1 is 1.17 bits per heavy atom. The molecule has 0 atom stereocenters. The highest BCUT2D eigenvalue weighted by molar-refractivity contribution is 6.42. The summed E-state index contributed by atoms with van der Waals surface area (Å²) < 4.78 is 0. The molecule has 0 bridgehead atoms. The van der Waals surface area contributed by atoms with Gasteiger partial charge in [-0.3, -0.25) is 9.78 Å². The van der Waals surface area contributed by atoms with Gasteiger partial charge in [-0.25, -0.2) is 0 Å². The van der Waals surface area contributed by atoms with Crippen molar-refractivity contribution >= 4 is 29.0 Å². The quantitative estimate of drug-likeness (QED) is 0.789. The van der Waals surface area contributed by atoms with Crippen LogP contribution in [0.3, 0.4) is 0 Å². The standard InChI is InChI=1S/C13H6Cl2N2O/c14-10-2-1-9(6-11(10)15)13(18)12-5-8(7-16)3-4-17-12/h1-6H. The molecule has 2 rings (SSSR count). The van der Waals surface area contributed by atoms with Crippen LogP contribution in [0.4, 0.5) is 0 Å². The maximum atomic E-state index is 12.1. The number of hydrogen-bond acceptors (Lipinski definition) is 3. The van der Waals surface area contributed by atoms with Crippen molar-refractivity contribution in [1.29, 1.82) is 5.26 Å². The average Bonchev–Trinajstić information content (AvgIpc) is 2.41. The maximum absolute atomic E-state index is 12.1. The van der Waals surface area contributed by atoms with Crippen molar-refractivity contribution in [2.45, 2.75) is 0 Å². The zero-order valence-corrected chi connectivity index (χ0v) is 10.5. The lowest BCUT2D eigenvalue weighted by atomic mass is 10.1. The summed E-state index contributed by atoms with van der Waals surface area (Å²) >= 11 is 11.6. The molecule has 88 valence electrons. The van der Waals surface area contributed by atoms with Crippen molar-refractivity contribution in [1.82, 2.24) is 4.98 Å². The van der Waals surface area contributed by atoms with Gasteiger partial charge in [0.05, 0.1) is 21.7 Å². The number of carbonyl (C=O) groups excluding carboxylic acids is 1. The Hall–Kier alpha value is -1.89. The van der Waals surface area contributed by atoms with E-state index in [0.717, 1.165) is 0 Å². The fourth-order valence-corrected chi connectivity index (χ4v) is 1.71. The molecule has 0 aliphatic carbocycles. The zero-order chi connectivity index (χ0) is 13.1. The van der Waals surface area contributed by atoms with Gasteiger partial charge < -0.3 is 0 Å². The van der Waals surface area contributed by atoms with Crippen molar-refractivity contribution in [3.63, 3.8) is 0 Å². The maximum Gasteiger partial charge on any atom is 0.211 e. The van der Waals surface area contributed by atoms with Crippen LogP contribution in [0.2, 0.25) is 10.0 Å². The lowest BCUT2D eigenvalue weighted by molar-refractivity contribution is 0.103. The van der Waals surface area contributed by atoms with Gasteiger partial charge in [0, 0.05) is 11.8 Å². The third-order valence-electron chi connectivity index (χ3n) is 2.30. The van der Waals surface area contributed by atoms with Gasteiger partial charge in [-0.05, 0) is 30.3 Å². The van der Waals surface area contributed by atoms with Crippen LogP contribution in [-0.2, 0) is 0 Å². The molecular formula is C13H6Cl2N2O. The lowest BCUT2D eigenvalue weighted by Crippen LogP contribution is -2.04. The van der Waals surface area contributed by atoms with E-state index in [1.165, 1.54) is 24.4 Å². The van der Waals surface area contributed by atoms with E-state index in [0.29, 0.717) is 21.2 Å². The molecule has 0 spiro atoms. The van der Waals surface area contributed by atoms with Crippen LogP contribution in [-0.4, -0.2) is 10.8 Å². The second-order valence-corrected chi connectivity index (χ2v) is 4.31. The first-order chi connectivity index (χ1) is 8.61. The molecular weight excluding hydrogens is 271 g/mol. The van der Waals surface area contributed by atoms with Gasteiger partial charge in [-0.1, -0.05) is 23.2 Å². The molecule has 0 aliphatic rings. The number of aromatic nitrogens is 1. The number of nitrogens with zero attached hydrogens (tertiary/aromatic N) is 2. The minimum Gasteiger partial charge on any atom is -0.287 e. The zero-order valence-electron chi connectivity index (χ0n) is 9.02. The molecule has 0 N–H and O–H groups in total. The van der Waals surface area contributed by atoms with Gasteiger partial charge in [-0.15, -0.1) is 0 Å². The topological polar surface area (TPSA) is 53.8 Å². The van der Waals surface area contributed by atoms with Gasteiger partial charge in [0.1, 0.15) is 5.69 Å². The summed E-state index contributed by atoms with van der Waals surface area (Å²) in [4.78, 5) is 16.0. The third kappa shape index (κ3) is 2.51. The van der Waals surface area contributed by atoms with Crippen LogP contribution in [0, 0.1) is 11.3 Å². The first-order valence-corrected chi connectivity index (χ1v) is 5.73. The Bertz CT molecular complexity index is 662. The van der Waals surface area contributed by atoms with E-state index in [1.54, 1.807) is 12.1 Å². The second kappa shape index (κ2) is 5.18. The summed E-state index contributed by atoms with van der Waals surface area (Å²) in [6.45, 7) is 0. The van der Waals surface area contributed by atoms with Crippen molar-refractivity contribution in [3.05, 3.63) is 63.4 Å². The molecule has 3 nitrogen and oxygen atoms in total. The predicted octanol–water partition coefficient (Wildman–Crippen LogP) is 3.49. The van der Waals surface area contributed by atoms with Crippen LogP contribution in [0.5, 0.6) is 0 Å². The van der Waals surface area contributed by atoms with E-state index >= 15 is 0 Å². The van der Waals surface area contributed by atoms with Crippen LogP contribution in [0.25, 0.3) is 0 Å². The summed E-state index contributed by atoms with van der Waals surface area (Å²) in [5, 5.41) is 9.45. The summed E-state index contributed by atoms with van der Waals surface area (Å²) in [5.74, 6) is -0.300. The molecule has 1 aromatic carbocycles. The Morgan fingerprint density at radius 2 is 1.94 bits per heavy atom. The summed E-state index contributed by atoms with van der Waals surface area (Å²) in [6, 6.07) is 9.52. The predicted molar refractivity (Wildman–Crippen MR) is 68.8 cm³/mol. The van der Waals surface area contributed by atoms with Crippen molar-refractivity contribution < 1.29 is 4.79 Å².